The van der Waals surface area contributed by atoms with E-state index in [9.17, 15) is 19.5 Å². The molecule has 7 heteroatoms. The fourth-order valence-corrected chi connectivity index (χ4v) is 6.65. The van der Waals surface area contributed by atoms with Crippen molar-refractivity contribution in [2.75, 3.05) is 10.6 Å². The second-order valence-corrected chi connectivity index (χ2v) is 12.9. The second-order valence-electron chi connectivity index (χ2n) is 12.9. The number of aliphatic hydroxyl groups is 1. The highest BCUT2D eigenvalue weighted by Crippen LogP contribution is 2.49. The lowest BCUT2D eigenvalue weighted by Crippen LogP contribution is -2.56. The van der Waals surface area contributed by atoms with Gasteiger partial charge in [-0.05, 0) is 82.0 Å². The van der Waals surface area contributed by atoms with Crippen molar-refractivity contribution in [3.8, 4) is 5.75 Å². The van der Waals surface area contributed by atoms with Crippen LogP contribution in [0.4, 0.5) is 11.4 Å². The van der Waals surface area contributed by atoms with Crippen molar-refractivity contribution < 1.29 is 24.2 Å². The Labute approximate surface area is 271 Å². The van der Waals surface area contributed by atoms with Crippen LogP contribution in [0.5, 0.6) is 5.75 Å². The van der Waals surface area contributed by atoms with Gasteiger partial charge in [0.05, 0.1) is 11.5 Å². The molecule has 4 aromatic rings. The number of Topliss-reactive ketones (excluding diaryl/α,β-unsaturated/α-hetero) is 1. The molecule has 7 nitrogen and oxygen atoms in total. The number of para-hydroxylation sites is 1. The van der Waals surface area contributed by atoms with E-state index in [1.807, 2.05) is 101 Å². The summed E-state index contributed by atoms with van der Waals surface area (Å²) in [6.45, 7) is 11.5. The van der Waals surface area contributed by atoms with Crippen LogP contribution in [0.3, 0.4) is 0 Å². The third kappa shape index (κ3) is 7.05. The zero-order valence-corrected chi connectivity index (χ0v) is 27.3. The largest absolute Gasteiger partial charge is 0.489 e. The van der Waals surface area contributed by atoms with Gasteiger partial charge in [0.25, 0.3) is 0 Å². The van der Waals surface area contributed by atoms with Gasteiger partial charge in [0.2, 0.25) is 11.8 Å². The summed E-state index contributed by atoms with van der Waals surface area (Å²) in [5, 5.41) is 17.8. The number of rotatable bonds is 8. The standard InChI is InChI=1S/C39H42N2O5/c1-23-10-9-11-28(20-23)22-46-33-13-8-7-12-29(33)34-35(37(43)40-30-16-14-24(2)18-26(30)4)32(42)21-39(6,45)36(34)38(44)41-31-17-15-25(3)19-27(31)5/h7-20,34-36,45H,21-22H2,1-6H3,(H,40,43)(H,41,44). The van der Waals surface area contributed by atoms with Gasteiger partial charge in [0, 0.05) is 23.7 Å². The number of aryl methyl sites for hydroxylation is 5. The van der Waals surface area contributed by atoms with E-state index in [2.05, 4.69) is 10.6 Å². The smallest absolute Gasteiger partial charge is 0.235 e. The van der Waals surface area contributed by atoms with E-state index in [-0.39, 0.29) is 13.0 Å². The number of benzene rings is 4. The maximum absolute atomic E-state index is 14.3. The number of ether oxygens (including phenoxy) is 1. The fraction of sp³-hybridized carbons (Fsp3) is 0.308. The Balaban J connectivity index is 1.60. The number of hydrogen-bond donors (Lipinski definition) is 3. The maximum Gasteiger partial charge on any atom is 0.235 e. The highest BCUT2D eigenvalue weighted by Gasteiger charge is 2.56. The van der Waals surface area contributed by atoms with Crippen molar-refractivity contribution in [3.63, 3.8) is 0 Å². The van der Waals surface area contributed by atoms with E-state index >= 15 is 0 Å². The van der Waals surface area contributed by atoms with Gasteiger partial charge in [-0.25, -0.2) is 0 Å². The number of anilines is 2. The molecule has 4 aromatic carbocycles. The van der Waals surface area contributed by atoms with Crippen LogP contribution in [0.15, 0.2) is 84.9 Å². The molecule has 1 saturated carbocycles. The van der Waals surface area contributed by atoms with Crippen LogP contribution in [-0.2, 0) is 21.0 Å². The van der Waals surface area contributed by atoms with Crippen molar-refractivity contribution >= 4 is 29.0 Å². The molecule has 0 aromatic heterocycles. The van der Waals surface area contributed by atoms with E-state index in [0.29, 0.717) is 22.7 Å². The Kier molecular flexibility index (Phi) is 9.44. The Hall–Kier alpha value is -4.75. The molecule has 4 unspecified atom stereocenters. The summed E-state index contributed by atoms with van der Waals surface area (Å²) in [6.07, 6.45) is -0.355. The maximum atomic E-state index is 14.3. The van der Waals surface area contributed by atoms with Crippen molar-refractivity contribution in [1.29, 1.82) is 0 Å². The minimum Gasteiger partial charge on any atom is -0.489 e. The summed E-state index contributed by atoms with van der Waals surface area (Å²) in [6, 6.07) is 26.4. The van der Waals surface area contributed by atoms with Gasteiger partial charge in [-0.15, -0.1) is 0 Å². The molecule has 2 amide bonds. The highest BCUT2D eigenvalue weighted by molar-refractivity contribution is 6.10. The van der Waals surface area contributed by atoms with E-state index < -0.39 is 41.0 Å². The van der Waals surface area contributed by atoms with Gasteiger partial charge in [-0.1, -0.05) is 83.4 Å². The average Bonchev–Trinajstić information content (AvgIpc) is 2.98. The molecule has 1 fully saturated rings. The summed E-state index contributed by atoms with van der Waals surface area (Å²) in [4.78, 5) is 42.4. The zero-order chi connectivity index (χ0) is 33.2. The molecular weight excluding hydrogens is 576 g/mol. The monoisotopic (exact) mass is 618 g/mol. The first-order valence-electron chi connectivity index (χ1n) is 15.6. The first-order valence-corrected chi connectivity index (χ1v) is 15.6. The molecule has 0 heterocycles. The number of carbonyl (C=O) groups is 3. The summed E-state index contributed by atoms with van der Waals surface area (Å²) in [5.74, 6) is -4.47. The number of hydrogen-bond acceptors (Lipinski definition) is 5. The van der Waals surface area contributed by atoms with Gasteiger partial charge >= 0.3 is 0 Å². The van der Waals surface area contributed by atoms with Gasteiger partial charge in [-0.2, -0.15) is 0 Å². The third-order valence-electron chi connectivity index (χ3n) is 8.87. The predicted molar refractivity (Wildman–Crippen MR) is 181 cm³/mol. The minimum atomic E-state index is -1.75. The molecule has 4 atom stereocenters. The highest BCUT2D eigenvalue weighted by atomic mass is 16.5. The summed E-state index contributed by atoms with van der Waals surface area (Å²) >= 11 is 0. The molecule has 1 aliphatic rings. The van der Waals surface area contributed by atoms with Crippen molar-refractivity contribution in [3.05, 3.63) is 124 Å². The van der Waals surface area contributed by atoms with Gasteiger partial charge in [-0.3, -0.25) is 14.4 Å². The molecular formula is C39H42N2O5. The fourth-order valence-electron chi connectivity index (χ4n) is 6.65. The van der Waals surface area contributed by atoms with Crippen LogP contribution in [0, 0.1) is 46.5 Å². The Morgan fingerprint density at radius 2 is 1.37 bits per heavy atom. The van der Waals surface area contributed by atoms with E-state index in [4.69, 9.17) is 4.74 Å². The number of amides is 2. The molecule has 238 valence electrons. The summed E-state index contributed by atoms with van der Waals surface area (Å²) < 4.78 is 6.34. The molecule has 46 heavy (non-hydrogen) atoms. The molecule has 0 bridgehead atoms. The number of nitrogens with one attached hydrogen (secondary N) is 2. The SMILES string of the molecule is Cc1cccc(COc2ccccc2C2C(C(=O)Nc3ccc(C)cc3C)C(=O)CC(C)(O)C2C(=O)Nc2ccc(C)cc2C)c1. The van der Waals surface area contributed by atoms with Crippen LogP contribution in [0.25, 0.3) is 0 Å². The third-order valence-corrected chi connectivity index (χ3v) is 8.87. The molecule has 0 aliphatic heterocycles. The lowest BCUT2D eigenvalue weighted by atomic mass is 9.61. The molecule has 1 aliphatic carbocycles. The molecule has 5 rings (SSSR count). The van der Waals surface area contributed by atoms with Gasteiger partial charge < -0.3 is 20.5 Å². The van der Waals surface area contributed by atoms with Crippen LogP contribution in [0.1, 0.15) is 58.2 Å². The Morgan fingerprint density at radius 1 is 0.783 bits per heavy atom. The lowest BCUT2D eigenvalue weighted by Gasteiger charge is -2.44. The molecule has 3 N–H and O–H groups in total. The van der Waals surface area contributed by atoms with Crippen molar-refractivity contribution in [1.82, 2.24) is 0 Å². The number of ketones is 1. The quantitative estimate of drug-likeness (QED) is 0.182. The van der Waals surface area contributed by atoms with Crippen molar-refractivity contribution in [2.45, 2.75) is 66.1 Å². The molecule has 0 saturated heterocycles. The van der Waals surface area contributed by atoms with E-state index in [1.54, 1.807) is 18.2 Å². The topological polar surface area (TPSA) is 105 Å². The van der Waals surface area contributed by atoms with Crippen LogP contribution in [0.2, 0.25) is 0 Å². The minimum absolute atomic E-state index is 0.245. The summed E-state index contributed by atoms with van der Waals surface area (Å²) in [7, 11) is 0. The van der Waals surface area contributed by atoms with Crippen LogP contribution >= 0.6 is 0 Å². The van der Waals surface area contributed by atoms with E-state index in [1.165, 1.54) is 6.92 Å². The van der Waals surface area contributed by atoms with Crippen LogP contribution in [-0.4, -0.2) is 28.3 Å². The van der Waals surface area contributed by atoms with Crippen molar-refractivity contribution in [2.24, 2.45) is 11.8 Å². The molecule has 0 radical (unpaired) electrons. The van der Waals surface area contributed by atoms with E-state index in [0.717, 1.165) is 33.4 Å². The van der Waals surface area contributed by atoms with Crippen LogP contribution < -0.4 is 15.4 Å². The molecule has 0 spiro atoms. The lowest BCUT2D eigenvalue weighted by molar-refractivity contribution is -0.150. The Morgan fingerprint density at radius 3 is 1.98 bits per heavy atom. The summed E-state index contributed by atoms with van der Waals surface area (Å²) in [5.41, 5.74) is 5.79. The van der Waals surface area contributed by atoms with Gasteiger partial charge in [0.15, 0.2) is 0 Å². The van der Waals surface area contributed by atoms with Gasteiger partial charge in [0.1, 0.15) is 24.1 Å². The Bertz CT molecular complexity index is 1790. The number of carbonyl (C=O) groups excluding carboxylic acids is 3. The first kappa shape index (κ1) is 32.6. The first-order chi connectivity index (χ1) is 21.8. The normalized spacial score (nSPS) is 21.0. The average molecular weight is 619 g/mol. The zero-order valence-electron chi connectivity index (χ0n) is 27.3. The predicted octanol–water partition coefficient (Wildman–Crippen LogP) is 7.12. The second kappa shape index (κ2) is 13.3.